The second kappa shape index (κ2) is 4.31. The van der Waals surface area contributed by atoms with Crippen molar-refractivity contribution in [1.82, 2.24) is 5.32 Å². The van der Waals surface area contributed by atoms with E-state index in [1.807, 2.05) is 25.2 Å². The molecule has 2 rings (SSSR count). The summed E-state index contributed by atoms with van der Waals surface area (Å²) in [6.07, 6.45) is 0. The molecule has 1 atom stereocenters. The maximum Gasteiger partial charge on any atom is 0.0596 e. The summed E-state index contributed by atoms with van der Waals surface area (Å²) in [6, 6.07) is 10.4. The van der Waals surface area contributed by atoms with E-state index in [0.717, 1.165) is 0 Å². The van der Waals surface area contributed by atoms with Crippen LogP contribution >= 0.6 is 0 Å². The maximum atomic E-state index is 9.48. The maximum absolute atomic E-state index is 9.48. The van der Waals surface area contributed by atoms with E-state index in [1.54, 1.807) is 0 Å². The van der Waals surface area contributed by atoms with Crippen molar-refractivity contribution in [3.8, 4) is 0 Å². The highest BCUT2D eigenvalue weighted by Gasteiger charge is 2.45. The Morgan fingerprint density at radius 2 is 2.07 bits per heavy atom. The van der Waals surface area contributed by atoms with Gasteiger partial charge >= 0.3 is 0 Å². The quantitative estimate of drug-likeness (QED) is 0.772. The highest BCUT2D eigenvalue weighted by Crippen LogP contribution is 2.39. The van der Waals surface area contributed by atoms with Gasteiger partial charge in [0.05, 0.1) is 25.2 Å². The Labute approximate surface area is 90.1 Å². The summed E-state index contributed by atoms with van der Waals surface area (Å²) >= 11 is 0. The third kappa shape index (κ3) is 1.78. The summed E-state index contributed by atoms with van der Waals surface area (Å²) in [5.41, 5.74) is 1.06. The highest BCUT2D eigenvalue weighted by molar-refractivity contribution is 5.22. The number of benzene rings is 1. The number of ether oxygens (including phenoxy) is 1. The lowest BCUT2D eigenvalue weighted by Crippen LogP contribution is -2.53. The highest BCUT2D eigenvalue weighted by atomic mass is 16.5. The molecule has 3 nitrogen and oxygen atoms in total. The fraction of sp³-hybridized carbons (Fsp3) is 0.500. The van der Waals surface area contributed by atoms with E-state index in [0.29, 0.717) is 13.2 Å². The normalized spacial score (nSPS) is 20.7. The molecule has 2 N–H and O–H groups in total. The third-order valence-corrected chi connectivity index (χ3v) is 3.13. The van der Waals surface area contributed by atoms with E-state index in [2.05, 4.69) is 17.4 Å². The van der Waals surface area contributed by atoms with Crippen LogP contribution in [0.4, 0.5) is 0 Å². The molecule has 15 heavy (non-hydrogen) atoms. The molecule has 0 amide bonds. The van der Waals surface area contributed by atoms with Gasteiger partial charge in [0.25, 0.3) is 0 Å². The van der Waals surface area contributed by atoms with Crippen LogP contribution in [0.3, 0.4) is 0 Å². The van der Waals surface area contributed by atoms with Crippen LogP contribution in [0.5, 0.6) is 0 Å². The molecule has 1 aliphatic rings. The van der Waals surface area contributed by atoms with Gasteiger partial charge in [-0.3, -0.25) is 0 Å². The average Bonchev–Trinajstić information content (AvgIpc) is 2.24. The summed E-state index contributed by atoms with van der Waals surface area (Å²) in [6.45, 7) is 1.42. The molecular weight excluding hydrogens is 190 g/mol. The number of rotatable bonds is 4. The van der Waals surface area contributed by atoms with Crippen molar-refractivity contribution in [3.63, 3.8) is 0 Å². The molecule has 3 heteroatoms. The predicted molar refractivity (Wildman–Crippen MR) is 58.6 cm³/mol. The smallest absolute Gasteiger partial charge is 0.0596 e. The van der Waals surface area contributed by atoms with Crippen molar-refractivity contribution in [2.24, 2.45) is 5.41 Å². The molecule has 1 saturated heterocycles. The Kier molecular flexibility index (Phi) is 3.05. The topological polar surface area (TPSA) is 41.5 Å². The zero-order valence-electron chi connectivity index (χ0n) is 8.94. The molecule has 0 radical (unpaired) electrons. The van der Waals surface area contributed by atoms with Crippen LogP contribution < -0.4 is 5.32 Å². The molecule has 0 aliphatic carbocycles. The van der Waals surface area contributed by atoms with E-state index in [4.69, 9.17) is 4.74 Å². The van der Waals surface area contributed by atoms with Gasteiger partial charge in [0, 0.05) is 6.04 Å². The van der Waals surface area contributed by atoms with Gasteiger partial charge in [-0.2, -0.15) is 0 Å². The van der Waals surface area contributed by atoms with Crippen molar-refractivity contribution < 1.29 is 9.84 Å². The molecule has 0 spiro atoms. The van der Waals surface area contributed by atoms with Crippen molar-refractivity contribution >= 4 is 0 Å². The lowest BCUT2D eigenvalue weighted by molar-refractivity contribution is -0.155. The fourth-order valence-electron chi connectivity index (χ4n) is 2.19. The van der Waals surface area contributed by atoms with Crippen LogP contribution in [0, 0.1) is 5.41 Å². The summed E-state index contributed by atoms with van der Waals surface area (Å²) in [5, 5.41) is 12.8. The second-order valence-corrected chi connectivity index (χ2v) is 4.15. The molecule has 1 fully saturated rings. The van der Waals surface area contributed by atoms with Crippen molar-refractivity contribution in [2.45, 2.75) is 6.04 Å². The third-order valence-electron chi connectivity index (χ3n) is 3.13. The first-order valence-corrected chi connectivity index (χ1v) is 5.23. The zero-order chi connectivity index (χ0) is 10.7. The van der Waals surface area contributed by atoms with E-state index in [-0.39, 0.29) is 18.1 Å². The first kappa shape index (κ1) is 10.6. The number of hydrogen-bond acceptors (Lipinski definition) is 3. The zero-order valence-corrected chi connectivity index (χ0v) is 8.94. The minimum absolute atomic E-state index is 0.143. The van der Waals surface area contributed by atoms with Crippen LogP contribution in [0.1, 0.15) is 11.6 Å². The van der Waals surface area contributed by atoms with Gasteiger partial charge in [0.2, 0.25) is 0 Å². The minimum Gasteiger partial charge on any atom is -0.396 e. The number of aliphatic hydroxyl groups excluding tert-OH is 1. The Morgan fingerprint density at radius 3 is 2.47 bits per heavy atom. The summed E-state index contributed by atoms with van der Waals surface area (Å²) in [4.78, 5) is 0. The Hall–Kier alpha value is -0.900. The van der Waals surface area contributed by atoms with Gasteiger partial charge in [-0.15, -0.1) is 0 Å². The lowest BCUT2D eigenvalue weighted by atomic mass is 9.76. The van der Waals surface area contributed by atoms with Gasteiger partial charge in [-0.25, -0.2) is 0 Å². The molecule has 1 aromatic rings. The summed E-state index contributed by atoms with van der Waals surface area (Å²) in [5.74, 6) is 0. The van der Waals surface area contributed by atoms with Crippen LogP contribution in [0.2, 0.25) is 0 Å². The van der Waals surface area contributed by atoms with Crippen LogP contribution in [-0.4, -0.2) is 32.0 Å². The first-order chi connectivity index (χ1) is 7.32. The lowest BCUT2D eigenvalue weighted by Gasteiger charge is -2.46. The molecule has 0 saturated carbocycles. The SMILES string of the molecule is CNC(c1ccccc1)C1(CO)COC1. The summed E-state index contributed by atoms with van der Waals surface area (Å²) in [7, 11) is 1.92. The van der Waals surface area contributed by atoms with Gasteiger partial charge < -0.3 is 15.2 Å². The molecule has 0 aromatic heterocycles. The molecule has 1 aliphatic heterocycles. The average molecular weight is 207 g/mol. The first-order valence-electron chi connectivity index (χ1n) is 5.23. The number of hydrogen-bond donors (Lipinski definition) is 2. The van der Waals surface area contributed by atoms with E-state index >= 15 is 0 Å². The molecule has 1 aromatic carbocycles. The van der Waals surface area contributed by atoms with Crippen molar-refractivity contribution in [3.05, 3.63) is 35.9 Å². The predicted octanol–water partition coefficient (Wildman–Crippen LogP) is 0.956. The monoisotopic (exact) mass is 207 g/mol. The van der Waals surface area contributed by atoms with Gasteiger partial charge in [0.1, 0.15) is 0 Å². The van der Waals surface area contributed by atoms with Crippen molar-refractivity contribution in [2.75, 3.05) is 26.9 Å². The molecule has 82 valence electrons. The number of nitrogens with one attached hydrogen (secondary N) is 1. The largest absolute Gasteiger partial charge is 0.396 e. The van der Waals surface area contributed by atoms with Crippen LogP contribution in [-0.2, 0) is 4.74 Å². The molecule has 1 heterocycles. The van der Waals surface area contributed by atoms with E-state index in [1.165, 1.54) is 5.56 Å². The number of aliphatic hydroxyl groups is 1. The van der Waals surface area contributed by atoms with E-state index in [9.17, 15) is 5.11 Å². The Balaban J connectivity index is 2.24. The van der Waals surface area contributed by atoms with E-state index < -0.39 is 0 Å². The molecule has 1 unspecified atom stereocenters. The van der Waals surface area contributed by atoms with Gasteiger partial charge in [-0.05, 0) is 12.6 Å². The van der Waals surface area contributed by atoms with Gasteiger partial charge in [-0.1, -0.05) is 30.3 Å². The standard InChI is InChI=1S/C12H17NO2/c1-13-11(10-5-3-2-4-6-10)12(7-14)8-15-9-12/h2-6,11,13-14H,7-9H2,1H3. The molecule has 0 bridgehead atoms. The van der Waals surface area contributed by atoms with Gasteiger partial charge in [0.15, 0.2) is 0 Å². The van der Waals surface area contributed by atoms with Crippen LogP contribution in [0.15, 0.2) is 30.3 Å². The molecular formula is C12H17NO2. The Bertz CT molecular complexity index is 303. The second-order valence-electron chi connectivity index (χ2n) is 4.15. The minimum atomic E-state index is -0.143. The summed E-state index contributed by atoms with van der Waals surface area (Å²) < 4.78 is 5.23. The Morgan fingerprint density at radius 1 is 1.40 bits per heavy atom. The van der Waals surface area contributed by atoms with Crippen molar-refractivity contribution in [1.29, 1.82) is 0 Å². The van der Waals surface area contributed by atoms with Crippen LogP contribution in [0.25, 0.3) is 0 Å². The fourth-order valence-corrected chi connectivity index (χ4v) is 2.19.